The van der Waals surface area contributed by atoms with Gasteiger partial charge in [0.2, 0.25) is 11.9 Å². The van der Waals surface area contributed by atoms with Crippen LogP contribution >= 0.6 is 0 Å². The second kappa shape index (κ2) is 6.17. The summed E-state index contributed by atoms with van der Waals surface area (Å²) in [7, 11) is 0. The van der Waals surface area contributed by atoms with Crippen molar-refractivity contribution in [2.45, 2.75) is 46.0 Å². The number of piperidine rings is 1. The zero-order chi connectivity index (χ0) is 13.8. The highest BCUT2D eigenvalue weighted by atomic mass is 16.2. The van der Waals surface area contributed by atoms with Gasteiger partial charge in [0, 0.05) is 13.1 Å². The molecule has 0 aromatic rings. The highest BCUT2D eigenvalue weighted by molar-refractivity contribution is 6.15. The summed E-state index contributed by atoms with van der Waals surface area (Å²) in [6, 6.07) is 0. The average Bonchev–Trinajstić information content (AvgIpc) is 2.38. The van der Waals surface area contributed by atoms with Crippen LogP contribution < -0.4 is 5.32 Å². The molecule has 0 aromatic carbocycles. The number of rotatable bonds is 3. The van der Waals surface area contributed by atoms with E-state index in [4.69, 9.17) is 0 Å². The van der Waals surface area contributed by atoms with Crippen LogP contribution in [0.4, 0.5) is 0 Å². The van der Waals surface area contributed by atoms with Gasteiger partial charge in [0.15, 0.2) is 0 Å². The Balaban J connectivity index is 2.00. The number of carbonyl (C=O) groups is 2. The van der Waals surface area contributed by atoms with Gasteiger partial charge >= 0.3 is 0 Å². The molecule has 0 aromatic heterocycles. The van der Waals surface area contributed by atoms with Crippen LogP contribution in [-0.4, -0.2) is 35.8 Å². The molecule has 5 nitrogen and oxygen atoms in total. The molecule has 2 rings (SSSR count). The maximum absolute atomic E-state index is 12.0. The fraction of sp³-hybridized carbons (Fsp3) is 0.786. The van der Waals surface area contributed by atoms with Crippen molar-refractivity contribution in [3.05, 3.63) is 0 Å². The van der Waals surface area contributed by atoms with Gasteiger partial charge in [0.05, 0.1) is 0 Å². The van der Waals surface area contributed by atoms with Crippen LogP contribution in [0.5, 0.6) is 0 Å². The Morgan fingerprint density at radius 2 is 1.95 bits per heavy atom. The van der Waals surface area contributed by atoms with Gasteiger partial charge < -0.3 is 4.90 Å². The third kappa shape index (κ3) is 3.55. The first kappa shape index (κ1) is 14.0. The van der Waals surface area contributed by atoms with E-state index in [1.807, 2.05) is 4.90 Å². The molecule has 0 spiro atoms. The monoisotopic (exact) mass is 265 g/mol. The molecule has 1 N–H and O–H groups in total. The van der Waals surface area contributed by atoms with Crippen molar-refractivity contribution in [1.29, 1.82) is 0 Å². The lowest BCUT2D eigenvalue weighted by Gasteiger charge is -2.32. The summed E-state index contributed by atoms with van der Waals surface area (Å²) >= 11 is 0. The molecular formula is C14H23N3O2. The summed E-state index contributed by atoms with van der Waals surface area (Å²) in [4.78, 5) is 30.1. The SMILES string of the molecule is CC(C)CCC1C(=O)N=C(N2CCCCC2)NC1=O. The molecule has 0 aliphatic carbocycles. The fourth-order valence-corrected chi connectivity index (χ4v) is 2.53. The summed E-state index contributed by atoms with van der Waals surface area (Å²) in [5.74, 6) is -0.0781. The van der Waals surface area contributed by atoms with E-state index in [0.717, 1.165) is 32.4 Å². The topological polar surface area (TPSA) is 61.8 Å². The van der Waals surface area contributed by atoms with Crippen molar-refractivity contribution in [3.63, 3.8) is 0 Å². The van der Waals surface area contributed by atoms with Gasteiger partial charge in [-0.3, -0.25) is 14.9 Å². The minimum atomic E-state index is -0.587. The minimum absolute atomic E-state index is 0.179. The second-order valence-corrected chi connectivity index (χ2v) is 5.83. The van der Waals surface area contributed by atoms with Crippen LogP contribution in [0.2, 0.25) is 0 Å². The Hall–Kier alpha value is -1.39. The van der Waals surface area contributed by atoms with Crippen LogP contribution in [0.25, 0.3) is 0 Å². The summed E-state index contributed by atoms with van der Waals surface area (Å²) < 4.78 is 0. The Morgan fingerprint density at radius 3 is 2.53 bits per heavy atom. The lowest BCUT2D eigenvalue weighted by Crippen LogP contribution is -2.52. The maximum Gasteiger partial charge on any atom is 0.261 e. The van der Waals surface area contributed by atoms with Gasteiger partial charge in [-0.15, -0.1) is 0 Å². The Labute approximate surface area is 114 Å². The number of hydrogen-bond donors (Lipinski definition) is 1. The van der Waals surface area contributed by atoms with Gasteiger partial charge in [-0.25, -0.2) is 0 Å². The van der Waals surface area contributed by atoms with E-state index >= 15 is 0 Å². The molecule has 1 unspecified atom stereocenters. The zero-order valence-electron chi connectivity index (χ0n) is 11.8. The van der Waals surface area contributed by atoms with E-state index in [1.54, 1.807) is 0 Å². The van der Waals surface area contributed by atoms with Crippen LogP contribution in [-0.2, 0) is 9.59 Å². The number of carbonyl (C=O) groups excluding carboxylic acids is 2. The van der Waals surface area contributed by atoms with Gasteiger partial charge in [-0.1, -0.05) is 13.8 Å². The molecule has 2 amide bonds. The van der Waals surface area contributed by atoms with E-state index in [-0.39, 0.29) is 11.8 Å². The van der Waals surface area contributed by atoms with Crippen LogP contribution in [0.1, 0.15) is 46.0 Å². The molecule has 1 fully saturated rings. The van der Waals surface area contributed by atoms with Crippen molar-refractivity contribution >= 4 is 17.8 Å². The van der Waals surface area contributed by atoms with Crippen LogP contribution in [0.3, 0.4) is 0 Å². The largest absolute Gasteiger partial charge is 0.342 e. The van der Waals surface area contributed by atoms with Crippen molar-refractivity contribution in [2.24, 2.45) is 16.8 Å². The summed E-state index contributed by atoms with van der Waals surface area (Å²) in [6.07, 6.45) is 4.87. The van der Waals surface area contributed by atoms with E-state index < -0.39 is 5.92 Å². The van der Waals surface area contributed by atoms with Gasteiger partial charge in [0.1, 0.15) is 5.92 Å². The molecule has 5 heteroatoms. The number of nitrogens with zero attached hydrogens (tertiary/aromatic N) is 2. The smallest absolute Gasteiger partial charge is 0.261 e. The van der Waals surface area contributed by atoms with E-state index in [1.165, 1.54) is 6.42 Å². The van der Waals surface area contributed by atoms with E-state index in [0.29, 0.717) is 18.3 Å². The van der Waals surface area contributed by atoms with Gasteiger partial charge in [0.25, 0.3) is 5.91 Å². The lowest BCUT2D eigenvalue weighted by atomic mass is 9.95. The molecule has 1 atom stereocenters. The van der Waals surface area contributed by atoms with Crippen molar-refractivity contribution < 1.29 is 9.59 Å². The second-order valence-electron chi connectivity index (χ2n) is 5.83. The van der Waals surface area contributed by atoms with Crippen molar-refractivity contribution in [2.75, 3.05) is 13.1 Å². The Bertz CT molecular complexity index is 384. The molecule has 0 radical (unpaired) electrons. The molecule has 0 saturated carbocycles. The number of guanidine groups is 1. The highest BCUT2D eigenvalue weighted by Crippen LogP contribution is 2.18. The standard InChI is InChI=1S/C14H23N3O2/c1-10(2)6-7-11-12(18)15-14(16-13(11)19)17-8-4-3-5-9-17/h10-11H,3-9H2,1-2H3,(H,15,16,18,19). The maximum atomic E-state index is 12.0. The fourth-order valence-electron chi connectivity index (χ4n) is 2.53. The van der Waals surface area contributed by atoms with Crippen LogP contribution in [0.15, 0.2) is 4.99 Å². The Morgan fingerprint density at radius 1 is 1.26 bits per heavy atom. The molecule has 106 valence electrons. The first-order valence-electron chi connectivity index (χ1n) is 7.26. The van der Waals surface area contributed by atoms with E-state index in [9.17, 15) is 9.59 Å². The Kier molecular flexibility index (Phi) is 4.56. The number of likely N-dealkylation sites (tertiary alicyclic amines) is 1. The quantitative estimate of drug-likeness (QED) is 0.787. The molecule has 2 heterocycles. The summed E-state index contributed by atoms with van der Waals surface area (Å²) in [5, 5.41) is 2.81. The summed E-state index contributed by atoms with van der Waals surface area (Å²) in [6.45, 7) is 5.94. The molecule has 2 aliphatic rings. The molecular weight excluding hydrogens is 242 g/mol. The first-order chi connectivity index (χ1) is 9.08. The number of aliphatic imine (C=N–C) groups is 1. The van der Waals surface area contributed by atoms with Crippen molar-refractivity contribution in [3.8, 4) is 0 Å². The molecule has 2 aliphatic heterocycles. The van der Waals surface area contributed by atoms with E-state index in [2.05, 4.69) is 24.2 Å². The normalized spacial score (nSPS) is 24.5. The minimum Gasteiger partial charge on any atom is -0.342 e. The molecule has 1 saturated heterocycles. The molecule has 0 bridgehead atoms. The molecule has 19 heavy (non-hydrogen) atoms. The van der Waals surface area contributed by atoms with Crippen molar-refractivity contribution in [1.82, 2.24) is 10.2 Å². The zero-order valence-corrected chi connectivity index (χ0v) is 11.8. The van der Waals surface area contributed by atoms with Gasteiger partial charge in [-0.05, 0) is 38.0 Å². The van der Waals surface area contributed by atoms with Gasteiger partial charge in [-0.2, -0.15) is 4.99 Å². The van der Waals surface area contributed by atoms with Crippen LogP contribution in [0, 0.1) is 11.8 Å². The highest BCUT2D eigenvalue weighted by Gasteiger charge is 2.33. The number of amides is 2. The third-order valence-corrected chi connectivity index (χ3v) is 3.75. The lowest BCUT2D eigenvalue weighted by molar-refractivity contribution is -0.134. The summed E-state index contributed by atoms with van der Waals surface area (Å²) in [5.41, 5.74) is 0. The number of nitrogens with one attached hydrogen (secondary N) is 1. The third-order valence-electron chi connectivity index (χ3n) is 3.75. The predicted molar refractivity (Wildman–Crippen MR) is 73.6 cm³/mol. The number of hydrogen-bond acceptors (Lipinski definition) is 3. The predicted octanol–water partition coefficient (Wildman–Crippen LogP) is 1.54. The average molecular weight is 265 g/mol. The first-order valence-corrected chi connectivity index (χ1v) is 7.26.